The molecule has 1 atom stereocenters. The third-order valence-electron chi connectivity index (χ3n) is 5.72. The first-order chi connectivity index (χ1) is 15.3. The summed E-state index contributed by atoms with van der Waals surface area (Å²) in [5, 5.41) is 0. The van der Waals surface area contributed by atoms with Crippen LogP contribution in [-0.2, 0) is 14.3 Å². The highest BCUT2D eigenvalue weighted by atomic mass is 16.5. The topological polar surface area (TPSA) is 101 Å². The lowest BCUT2D eigenvalue weighted by atomic mass is 10.1. The zero-order valence-corrected chi connectivity index (χ0v) is 17.8. The molecule has 1 fully saturated rings. The van der Waals surface area contributed by atoms with Crippen molar-refractivity contribution in [2.75, 3.05) is 18.1 Å². The average Bonchev–Trinajstić information content (AvgIpc) is 3.32. The van der Waals surface area contributed by atoms with Gasteiger partial charge in [-0.15, -0.1) is 0 Å². The highest BCUT2D eigenvalue weighted by Gasteiger charge is 2.41. The molecule has 3 amide bonds. The first-order valence-corrected chi connectivity index (χ1v) is 10.4. The standard InChI is InChI=1S/C24H22N2O6/c1-14-5-10-18-19(12-14)23(30)26(22(18)29)15(2)24(31)32-13-20(27)16-6-8-17(9-7-16)25-11-3-4-21(25)28/h5-10,12,15H,3-4,11,13H2,1-2H3. The van der Waals surface area contributed by atoms with Crippen molar-refractivity contribution >= 4 is 35.2 Å². The summed E-state index contributed by atoms with van der Waals surface area (Å²) >= 11 is 0. The molecule has 2 heterocycles. The lowest BCUT2D eigenvalue weighted by Gasteiger charge is -2.20. The van der Waals surface area contributed by atoms with E-state index in [1.165, 1.54) is 6.92 Å². The quantitative estimate of drug-likeness (QED) is 0.393. The molecule has 0 bridgehead atoms. The van der Waals surface area contributed by atoms with Crippen molar-refractivity contribution in [2.24, 2.45) is 0 Å². The average molecular weight is 434 g/mol. The van der Waals surface area contributed by atoms with Gasteiger partial charge >= 0.3 is 5.97 Å². The van der Waals surface area contributed by atoms with Gasteiger partial charge in [-0.05, 0) is 56.7 Å². The molecular weight excluding hydrogens is 412 g/mol. The highest BCUT2D eigenvalue weighted by Crippen LogP contribution is 2.26. The minimum atomic E-state index is -1.17. The fourth-order valence-electron chi connectivity index (χ4n) is 3.92. The van der Waals surface area contributed by atoms with Crippen LogP contribution in [-0.4, -0.2) is 53.6 Å². The van der Waals surface area contributed by atoms with Crippen molar-refractivity contribution in [3.8, 4) is 0 Å². The molecule has 164 valence electrons. The van der Waals surface area contributed by atoms with E-state index in [4.69, 9.17) is 4.74 Å². The van der Waals surface area contributed by atoms with Gasteiger partial charge < -0.3 is 9.64 Å². The van der Waals surface area contributed by atoms with Crippen molar-refractivity contribution in [1.82, 2.24) is 4.90 Å². The number of Topliss-reactive ketones (excluding diaryl/α,β-unsaturated/α-hetero) is 1. The van der Waals surface area contributed by atoms with Crippen LogP contribution < -0.4 is 4.90 Å². The molecule has 2 aliphatic rings. The number of carbonyl (C=O) groups excluding carboxylic acids is 5. The van der Waals surface area contributed by atoms with Crippen LogP contribution in [0.5, 0.6) is 0 Å². The monoisotopic (exact) mass is 434 g/mol. The molecule has 8 nitrogen and oxygen atoms in total. The normalized spacial score (nSPS) is 16.4. The van der Waals surface area contributed by atoms with Crippen molar-refractivity contribution in [2.45, 2.75) is 32.7 Å². The zero-order chi connectivity index (χ0) is 23.0. The lowest BCUT2D eigenvalue weighted by molar-refractivity contribution is -0.146. The van der Waals surface area contributed by atoms with Crippen LogP contribution >= 0.6 is 0 Å². The third kappa shape index (κ3) is 3.79. The van der Waals surface area contributed by atoms with E-state index in [2.05, 4.69) is 0 Å². The van der Waals surface area contributed by atoms with Crippen LogP contribution in [0.25, 0.3) is 0 Å². The first-order valence-electron chi connectivity index (χ1n) is 10.4. The summed E-state index contributed by atoms with van der Waals surface area (Å²) in [7, 11) is 0. The lowest BCUT2D eigenvalue weighted by Crippen LogP contribution is -2.44. The zero-order valence-electron chi connectivity index (χ0n) is 17.8. The van der Waals surface area contributed by atoms with Gasteiger partial charge in [-0.3, -0.25) is 24.1 Å². The van der Waals surface area contributed by atoms with E-state index in [-0.39, 0.29) is 17.0 Å². The van der Waals surface area contributed by atoms with Crippen LogP contribution in [0.2, 0.25) is 0 Å². The molecule has 0 aromatic heterocycles. The SMILES string of the molecule is Cc1ccc2c(c1)C(=O)N(C(C)C(=O)OCC(=O)c1ccc(N3CCCC3=O)cc1)C2=O. The number of rotatable bonds is 6. The van der Waals surface area contributed by atoms with Gasteiger partial charge in [0.05, 0.1) is 11.1 Å². The summed E-state index contributed by atoms with van der Waals surface area (Å²) in [6, 6.07) is 10.2. The van der Waals surface area contributed by atoms with Gasteiger partial charge in [0, 0.05) is 24.2 Å². The molecule has 0 saturated carbocycles. The number of carbonyl (C=O) groups is 5. The number of hydrogen-bond acceptors (Lipinski definition) is 6. The number of ketones is 1. The van der Waals surface area contributed by atoms with Crippen molar-refractivity contribution < 1.29 is 28.7 Å². The number of benzene rings is 2. The Balaban J connectivity index is 1.37. The largest absolute Gasteiger partial charge is 0.456 e. The Morgan fingerprint density at radius 3 is 2.34 bits per heavy atom. The maximum atomic E-state index is 12.6. The number of amides is 3. The number of nitrogens with zero attached hydrogens (tertiary/aromatic N) is 2. The van der Waals surface area contributed by atoms with Crippen LogP contribution in [0.15, 0.2) is 42.5 Å². The molecular formula is C24H22N2O6. The summed E-state index contributed by atoms with van der Waals surface area (Å²) in [4.78, 5) is 64.5. The van der Waals surface area contributed by atoms with E-state index in [0.29, 0.717) is 18.5 Å². The molecule has 32 heavy (non-hydrogen) atoms. The van der Waals surface area contributed by atoms with Gasteiger partial charge in [0.25, 0.3) is 11.8 Å². The van der Waals surface area contributed by atoms with Gasteiger partial charge in [0.15, 0.2) is 12.4 Å². The number of esters is 1. The van der Waals surface area contributed by atoms with Gasteiger partial charge in [-0.2, -0.15) is 0 Å². The Morgan fingerprint density at radius 2 is 1.69 bits per heavy atom. The Hall–Kier alpha value is -3.81. The minimum absolute atomic E-state index is 0.0512. The smallest absolute Gasteiger partial charge is 0.329 e. The maximum absolute atomic E-state index is 12.6. The number of hydrogen-bond donors (Lipinski definition) is 0. The molecule has 1 unspecified atom stereocenters. The Bertz CT molecular complexity index is 1140. The molecule has 0 radical (unpaired) electrons. The van der Waals surface area contributed by atoms with E-state index in [9.17, 15) is 24.0 Å². The van der Waals surface area contributed by atoms with Crippen molar-refractivity contribution in [1.29, 1.82) is 0 Å². The Morgan fingerprint density at radius 1 is 1.00 bits per heavy atom. The molecule has 2 aromatic carbocycles. The van der Waals surface area contributed by atoms with Gasteiger partial charge in [-0.25, -0.2) is 4.79 Å². The van der Waals surface area contributed by atoms with Crippen LogP contribution in [0.4, 0.5) is 5.69 Å². The molecule has 2 aliphatic heterocycles. The van der Waals surface area contributed by atoms with Crippen molar-refractivity contribution in [3.05, 3.63) is 64.7 Å². The second-order valence-corrected chi connectivity index (χ2v) is 7.93. The number of fused-ring (bicyclic) bond motifs is 1. The van der Waals surface area contributed by atoms with Crippen molar-refractivity contribution in [3.63, 3.8) is 0 Å². The van der Waals surface area contributed by atoms with E-state index < -0.39 is 36.2 Å². The molecule has 0 N–H and O–H groups in total. The maximum Gasteiger partial charge on any atom is 0.329 e. The number of aryl methyl sites for hydroxylation is 1. The number of anilines is 1. The summed E-state index contributed by atoms with van der Waals surface area (Å²) in [5.74, 6) is -2.34. The fraction of sp³-hybridized carbons (Fsp3) is 0.292. The van der Waals surface area contributed by atoms with Crippen LogP contribution in [0.3, 0.4) is 0 Å². The number of imide groups is 1. The molecule has 1 saturated heterocycles. The Labute approximate surface area is 184 Å². The summed E-state index contributed by atoms with van der Waals surface area (Å²) in [5.41, 5.74) is 2.37. The molecule has 0 spiro atoms. The van der Waals surface area contributed by atoms with Gasteiger partial charge in [0.1, 0.15) is 6.04 Å². The summed E-state index contributed by atoms with van der Waals surface area (Å²) in [6.07, 6.45) is 1.32. The first kappa shape index (κ1) is 21.4. The van der Waals surface area contributed by atoms with E-state index in [1.807, 2.05) is 0 Å². The Kier molecular flexibility index (Phi) is 5.61. The predicted octanol–water partition coefficient (Wildman–Crippen LogP) is 2.53. The van der Waals surface area contributed by atoms with E-state index in [0.717, 1.165) is 22.6 Å². The minimum Gasteiger partial charge on any atom is -0.456 e. The predicted molar refractivity (Wildman–Crippen MR) is 114 cm³/mol. The molecule has 8 heteroatoms. The van der Waals surface area contributed by atoms with E-state index in [1.54, 1.807) is 54.3 Å². The fourth-order valence-corrected chi connectivity index (χ4v) is 3.92. The summed E-state index contributed by atoms with van der Waals surface area (Å²) < 4.78 is 5.10. The number of ether oxygens (including phenoxy) is 1. The second-order valence-electron chi connectivity index (χ2n) is 7.93. The second kappa shape index (κ2) is 8.37. The molecule has 4 rings (SSSR count). The van der Waals surface area contributed by atoms with Crippen LogP contribution in [0.1, 0.15) is 56.4 Å². The van der Waals surface area contributed by atoms with E-state index >= 15 is 0 Å². The van der Waals surface area contributed by atoms with Crippen LogP contribution in [0, 0.1) is 6.92 Å². The van der Waals surface area contributed by atoms with Gasteiger partial charge in [0.2, 0.25) is 5.91 Å². The summed E-state index contributed by atoms with van der Waals surface area (Å²) in [6.45, 7) is 3.33. The molecule has 0 aliphatic carbocycles. The highest BCUT2D eigenvalue weighted by molar-refractivity contribution is 6.22. The molecule has 2 aromatic rings. The van der Waals surface area contributed by atoms with Gasteiger partial charge in [-0.1, -0.05) is 11.6 Å². The third-order valence-corrected chi connectivity index (χ3v) is 5.72.